The van der Waals surface area contributed by atoms with Crippen LogP contribution in [0.3, 0.4) is 0 Å². The van der Waals surface area contributed by atoms with Crippen molar-refractivity contribution in [1.82, 2.24) is 5.32 Å². The van der Waals surface area contributed by atoms with Crippen molar-refractivity contribution in [3.05, 3.63) is 0 Å². The van der Waals surface area contributed by atoms with E-state index >= 15 is 0 Å². The van der Waals surface area contributed by atoms with Crippen molar-refractivity contribution >= 4 is 11.8 Å². The fraction of sp³-hybridized carbons (Fsp3) is 1.00. The third-order valence-corrected chi connectivity index (χ3v) is 4.12. The monoisotopic (exact) mass is 231 g/mol. The first-order valence-electron chi connectivity index (χ1n) is 5.95. The molecule has 3 heteroatoms. The van der Waals surface area contributed by atoms with Gasteiger partial charge in [0.1, 0.15) is 0 Å². The molecule has 1 rings (SSSR count). The van der Waals surface area contributed by atoms with E-state index in [-0.39, 0.29) is 0 Å². The molecule has 1 atom stereocenters. The number of hydrogen-bond donors (Lipinski definition) is 1. The molecule has 1 aliphatic heterocycles. The Kier molecular flexibility index (Phi) is 5.44. The van der Waals surface area contributed by atoms with Gasteiger partial charge in [0.25, 0.3) is 0 Å². The van der Waals surface area contributed by atoms with Gasteiger partial charge < -0.3 is 10.1 Å². The van der Waals surface area contributed by atoms with E-state index < -0.39 is 0 Å². The van der Waals surface area contributed by atoms with Crippen LogP contribution in [0.5, 0.6) is 0 Å². The summed E-state index contributed by atoms with van der Waals surface area (Å²) in [6.45, 7) is 10.7. The highest BCUT2D eigenvalue weighted by molar-refractivity contribution is 7.99. The average molecular weight is 231 g/mol. The van der Waals surface area contributed by atoms with Gasteiger partial charge >= 0.3 is 0 Å². The summed E-state index contributed by atoms with van der Waals surface area (Å²) in [7, 11) is 0. The quantitative estimate of drug-likeness (QED) is 0.735. The molecule has 0 saturated carbocycles. The molecule has 0 aliphatic carbocycles. The Bertz CT molecular complexity index is 182. The van der Waals surface area contributed by atoms with Gasteiger partial charge in [-0.15, -0.1) is 0 Å². The van der Waals surface area contributed by atoms with Gasteiger partial charge in [0.15, 0.2) is 0 Å². The number of nitrogens with one attached hydrogen (secondary N) is 1. The Hall–Kier alpha value is 0.270. The molecule has 0 aromatic heterocycles. The van der Waals surface area contributed by atoms with Gasteiger partial charge in [-0.1, -0.05) is 13.8 Å². The van der Waals surface area contributed by atoms with Crippen LogP contribution in [-0.4, -0.2) is 36.8 Å². The molecular weight excluding hydrogens is 206 g/mol. The summed E-state index contributed by atoms with van der Waals surface area (Å²) in [6, 6.07) is 0.645. The molecule has 0 aromatic carbocycles. The van der Waals surface area contributed by atoms with E-state index in [4.69, 9.17) is 4.74 Å². The Labute approximate surface area is 98.5 Å². The van der Waals surface area contributed by atoms with Gasteiger partial charge in [-0.3, -0.25) is 0 Å². The smallest absolute Gasteiger partial charge is 0.0594 e. The van der Waals surface area contributed by atoms with Crippen molar-refractivity contribution in [3.8, 4) is 0 Å². The van der Waals surface area contributed by atoms with Crippen LogP contribution >= 0.6 is 11.8 Å². The molecule has 1 aliphatic rings. The van der Waals surface area contributed by atoms with Gasteiger partial charge in [-0.25, -0.2) is 0 Å². The van der Waals surface area contributed by atoms with Gasteiger partial charge in [0, 0.05) is 18.3 Å². The van der Waals surface area contributed by atoms with Crippen LogP contribution in [0.1, 0.15) is 34.1 Å². The van der Waals surface area contributed by atoms with Crippen molar-refractivity contribution in [2.45, 2.75) is 46.3 Å². The molecule has 0 aromatic rings. The lowest BCUT2D eigenvalue weighted by molar-refractivity contribution is 0.0763. The fourth-order valence-corrected chi connectivity index (χ4v) is 3.44. The molecule has 1 fully saturated rings. The van der Waals surface area contributed by atoms with Crippen LogP contribution in [0.15, 0.2) is 0 Å². The molecule has 1 heterocycles. The van der Waals surface area contributed by atoms with Crippen LogP contribution in [0.4, 0.5) is 0 Å². The first kappa shape index (κ1) is 13.3. The van der Waals surface area contributed by atoms with E-state index in [0.29, 0.717) is 17.6 Å². The fourth-order valence-electron chi connectivity index (χ4n) is 1.80. The Morgan fingerprint density at radius 2 is 2.20 bits per heavy atom. The van der Waals surface area contributed by atoms with Crippen molar-refractivity contribution in [3.63, 3.8) is 0 Å². The Morgan fingerprint density at radius 3 is 2.80 bits per heavy atom. The van der Waals surface area contributed by atoms with E-state index in [1.807, 2.05) is 0 Å². The molecule has 0 amide bonds. The Balaban J connectivity index is 2.19. The van der Waals surface area contributed by atoms with Crippen LogP contribution in [0.2, 0.25) is 0 Å². The SMILES string of the molecule is CC(C)OCCNC1CSCCC1(C)C. The van der Waals surface area contributed by atoms with Crippen LogP contribution in [-0.2, 0) is 4.74 Å². The maximum atomic E-state index is 5.53. The van der Waals surface area contributed by atoms with E-state index in [1.54, 1.807) is 0 Å². The summed E-state index contributed by atoms with van der Waals surface area (Å²) in [5, 5.41) is 3.62. The van der Waals surface area contributed by atoms with E-state index in [9.17, 15) is 0 Å². The summed E-state index contributed by atoms with van der Waals surface area (Å²) in [5.41, 5.74) is 0.448. The zero-order valence-electron chi connectivity index (χ0n) is 10.5. The van der Waals surface area contributed by atoms with Crippen molar-refractivity contribution < 1.29 is 4.74 Å². The predicted octanol–water partition coefficient (Wildman–Crippen LogP) is 2.53. The standard InChI is InChI=1S/C12H25NOS/c1-10(2)14-7-6-13-11-9-15-8-5-12(11,3)4/h10-11,13H,5-9H2,1-4H3. The molecule has 0 radical (unpaired) electrons. The minimum atomic E-state index is 0.348. The molecular formula is C12H25NOS. The summed E-state index contributed by atoms with van der Waals surface area (Å²) >= 11 is 2.07. The topological polar surface area (TPSA) is 21.3 Å². The lowest BCUT2D eigenvalue weighted by atomic mass is 9.82. The molecule has 0 bridgehead atoms. The molecule has 1 N–H and O–H groups in total. The number of thioether (sulfide) groups is 1. The van der Waals surface area contributed by atoms with Crippen molar-refractivity contribution in [2.75, 3.05) is 24.7 Å². The lowest BCUT2D eigenvalue weighted by Crippen LogP contribution is -2.47. The first-order valence-corrected chi connectivity index (χ1v) is 7.10. The molecule has 1 saturated heterocycles. The second kappa shape index (κ2) is 6.12. The second-order valence-corrected chi connectivity index (χ2v) is 6.39. The zero-order valence-corrected chi connectivity index (χ0v) is 11.3. The maximum Gasteiger partial charge on any atom is 0.0594 e. The average Bonchev–Trinajstić information content (AvgIpc) is 2.13. The van der Waals surface area contributed by atoms with Gasteiger partial charge in [-0.05, 0) is 31.4 Å². The van der Waals surface area contributed by atoms with E-state index in [1.165, 1.54) is 17.9 Å². The summed E-state index contributed by atoms with van der Waals surface area (Å²) < 4.78 is 5.53. The van der Waals surface area contributed by atoms with Crippen molar-refractivity contribution in [1.29, 1.82) is 0 Å². The van der Waals surface area contributed by atoms with Gasteiger partial charge in [0.2, 0.25) is 0 Å². The Morgan fingerprint density at radius 1 is 1.47 bits per heavy atom. The van der Waals surface area contributed by atoms with Crippen LogP contribution in [0.25, 0.3) is 0 Å². The van der Waals surface area contributed by atoms with Gasteiger partial charge in [-0.2, -0.15) is 11.8 Å². The minimum Gasteiger partial charge on any atom is -0.377 e. The van der Waals surface area contributed by atoms with E-state index in [0.717, 1.165) is 13.2 Å². The third kappa shape index (κ3) is 4.75. The normalized spacial score (nSPS) is 25.8. The number of rotatable bonds is 5. The molecule has 15 heavy (non-hydrogen) atoms. The molecule has 90 valence electrons. The third-order valence-electron chi connectivity index (χ3n) is 3.06. The van der Waals surface area contributed by atoms with Crippen LogP contribution < -0.4 is 5.32 Å². The molecule has 1 unspecified atom stereocenters. The highest BCUT2D eigenvalue weighted by Crippen LogP contribution is 2.33. The number of ether oxygens (including phenoxy) is 1. The van der Waals surface area contributed by atoms with E-state index in [2.05, 4.69) is 44.8 Å². The summed E-state index contributed by atoms with van der Waals surface area (Å²) in [6.07, 6.45) is 1.67. The molecule has 0 spiro atoms. The highest BCUT2D eigenvalue weighted by atomic mass is 32.2. The zero-order chi connectivity index (χ0) is 11.3. The number of hydrogen-bond acceptors (Lipinski definition) is 3. The van der Waals surface area contributed by atoms with Crippen LogP contribution in [0, 0.1) is 5.41 Å². The van der Waals surface area contributed by atoms with Gasteiger partial charge in [0.05, 0.1) is 12.7 Å². The summed E-state index contributed by atoms with van der Waals surface area (Å²) in [5.74, 6) is 2.56. The molecule has 2 nitrogen and oxygen atoms in total. The summed E-state index contributed by atoms with van der Waals surface area (Å²) in [4.78, 5) is 0. The maximum absolute atomic E-state index is 5.53. The predicted molar refractivity (Wildman–Crippen MR) is 68.6 cm³/mol. The largest absolute Gasteiger partial charge is 0.377 e. The first-order chi connectivity index (χ1) is 7.02. The lowest BCUT2D eigenvalue weighted by Gasteiger charge is -2.38. The van der Waals surface area contributed by atoms with Crippen molar-refractivity contribution in [2.24, 2.45) is 5.41 Å². The highest BCUT2D eigenvalue weighted by Gasteiger charge is 2.31. The second-order valence-electron chi connectivity index (χ2n) is 5.24. The minimum absolute atomic E-state index is 0.348.